The van der Waals surface area contributed by atoms with Crippen LogP contribution in [0.2, 0.25) is 0 Å². The van der Waals surface area contributed by atoms with Gasteiger partial charge in [0.15, 0.2) is 0 Å². The van der Waals surface area contributed by atoms with Gasteiger partial charge in [0, 0.05) is 31.6 Å². The molecule has 2 rings (SSSR count). The number of nitrogens with one attached hydrogen (secondary N) is 1. The second kappa shape index (κ2) is 6.09. The van der Waals surface area contributed by atoms with E-state index in [1.807, 2.05) is 13.8 Å². The van der Waals surface area contributed by atoms with Gasteiger partial charge in [-0.2, -0.15) is 5.26 Å². The Kier molecular flexibility index (Phi) is 5.07. The summed E-state index contributed by atoms with van der Waals surface area (Å²) in [5, 5.41) is 12.4. The molecule has 3 nitrogen and oxygen atoms in total. The number of nitrogens with zero attached hydrogens (tertiary/aromatic N) is 2. The van der Waals surface area contributed by atoms with Gasteiger partial charge in [-0.05, 0) is 25.8 Å². The number of likely N-dealkylation sites (tertiary alicyclic amines) is 1. The van der Waals surface area contributed by atoms with E-state index in [1.165, 1.54) is 12.8 Å². The van der Waals surface area contributed by atoms with Gasteiger partial charge in [-0.3, -0.25) is 0 Å². The van der Waals surface area contributed by atoms with Gasteiger partial charge in [-0.25, -0.2) is 0 Å². The summed E-state index contributed by atoms with van der Waals surface area (Å²) in [5.74, 6) is 0.544. The highest BCUT2D eigenvalue weighted by Crippen LogP contribution is 2.25. The summed E-state index contributed by atoms with van der Waals surface area (Å²) in [7, 11) is 2.16. The van der Waals surface area contributed by atoms with E-state index in [9.17, 15) is 0 Å². The molecule has 3 heteroatoms. The molecule has 0 spiro atoms. The molecule has 0 aromatic heterocycles. The van der Waals surface area contributed by atoms with Crippen LogP contribution in [0.25, 0.3) is 0 Å². The van der Waals surface area contributed by atoms with E-state index in [2.05, 4.69) is 23.3 Å². The van der Waals surface area contributed by atoms with E-state index in [1.54, 1.807) is 0 Å². The molecule has 2 aliphatic heterocycles. The molecule has 0 aliphatic carbocycles. The molecular formula is C12H23N3. The van der Waals surface area contributed by atoms with E-state index in [4.69, 9.17) is 5.26 Å². The monoisotopic (exact) mass is 209 g/mol. The molecule has 0 amide bonds. The minimum absolute atomic E-state index is 0.544. The highest BCUT2D eigenvalue weighted by Gasteiger charge is 2.34. The average Bonchev–Trinajstić information content (AvgIpc) is 2.62. The third kappa shape index (κ3) is 3.19. The van der Waals surface area contributed by atoms with Crippen LogP contribution in [0, 0.1) is 17.2 Å². The van der Waals surface area contributed by atoms with Crippen molar-refractivity contribution in [3.63, 3.8) is 0 Å². The topological polar surface area (TPSA) is 39.1 Å². The molecule has 2 aliphatic rings. The summed E-state index contributed by atoms with van der Waals surface area (Å²) in [6.07, 6.45) is 3.26. The minimum atomic E-state index is 0.544. The highest BCUT2D eigenvalue weighted by atomic mass is 15.2. The fourth-order valence-electron chi connectivity index (χ4n) is 2.67. The maximum atomic E-state index is 8.73. The minimum Gasteiger partial charge on any atom is -0.310 e. The lowest BCUT2D eigenvalue weighted by Gasteiger charge is -2.24. The largest absolute Gasteiger partial charge is 0.310 e. The van der Waals surface area contributed by atoms with Crippen LogP contribution in [-0.2, 0) is 0 Å². The van der Waals surface area contributed by atoms with Gasteiger partial charge >= 0.3 is 0 Å². The zero-order chi connectivity index (χ0) is 11.3. The molecule has 0 aromatic rings. The van der Waals surface area contributed by atoms with Gasteiger partial charge < -0.3 is 10.2 Å². The SMILES string of the molecule is CC.CN1CC2CCC(N2)C(CC#N)C1. The first-order chi connectivity index (χ1) is 7.29. The first-order valence-electron chi connectivity index (χ1n) is 6.11. The normalized spacial score (nSPS) is 34.9. The lowest BCUT2D eigenvalue weighted by molar-refractivity contribution is 0.262. The van der Waals surface area contributed by atoms with Gasteiger partial charge in [-0.1, -0.05) is 13.8 Å². The molecule has 1 N–H and O–H groups in total. The third-order valence-corrected chi connectivity index (χ3v) is 3.28. The van der Waals surface area contributed by atoms with Crippen LogP contribution >= 0.6 is 0 Å². The number of nitriles is 1. The first-order valence-corrected chi connectivity index (χ1v) is 6.11. The fraction of sp³-hybridized carbons (Fsp3) is 0.917. The van der Waals surface area contributed by atoms with Crippen molar-refractivity contribution < 1.29 is 0 Å². The lowest BCUT2D eigenvalue weighted by Crippen LogP contribution is -2.34. The number of likely N-dealkylation sites (N-methyl/N-ethyl adjacent to an activating group) is 1. The van der Waals surface area contributed by atoms with Gasteiger partial charge in [0.25, 0.3) is 0 Å². The molecular weight excluding hydrogens is 186 g/mol. The van der Waals surface area contributed by atoms with Crippen LogP contribution in [0.3, 0.4) is 0 Å². The Morgan fingerprint density at radius 3 is 2.73 bits per heavy atom. The predicted molar refractivity (Wildman–Crippen MR) is 62.5 cm³/mol. The van der Waals surface area contributed by atoms with Crippen molar-refractivity contribution in [2.75, 3.05) is 20.1 Å². The van der Waals surface area contributed by atoms with E-state index in [0.29, 0.717) is 24.4 Å². The van der Waals surface area contributed by atoms with Crippen LogP contribution in [-0.4, -0.2) is 37.1 Å². The molecule has 3 unspecified atom stereocenters. The summed E-state index contributed by atoms with van der Waals surface area (Å²) in [6, 6.07) is 3.59. The maximum absolute atomic E-state index is 8.73. The quantitative estimate of drug-likeness (QED) is 0.713. The Morgan fingerprint density at radius 2 is 2.07 bits per heavy atom. The van der Waals surface area contributed by atoms with Gasteiger partial charge in [0.05, 0.1) is 6.07 Å². The Bertz CT molecular complexity index is 221. The average molecular weight is 209 g/mol. The number of fused-ring (bicyclic) bond motifs is 2. The molecule has 86 valence electrons. The molecule has 2 fully saturated rings. The fourth-order valence-corrected chi connectivity index (χ4v) is 2.67. The van der Waals surface area contributed by atoms with Crippen LogP contribution in [0.1, 0.15) is 33.1 Å². The van der Waals surface area contributed by atoms with Crippen LogP contribution in [0.15, 0.2) is 0 Å². The van der Waals surface area contributed by atoms with Crippen LogP contribution < -0.4 is 5.32 Å². The second-order valence-electron chi connectivity index (χ2n) is 4.39. The van der Waals surface area contributed by atoms with Crippen molar-refractivity contribution in [3.05, 3.63) is 0 Å². The molecule has 3 atom stereocenters. The molecule has 0 saturated carbocycles. The van der Waals surface area contributed by atoms with Crippen molar-refractivity contribution in [1.29, 1.82) is 5.26 Å². The highest BCUT2D eigenvalue weighted by molar-refractivity contribution is 4.96. The second-order valence-corrected chi connectivity index (χ2v) is 4.39. The zero-order valence-corrected chi connectivity index (χ0v) is 10.2. The Labute approximate surface area is 93.5 Å². The Hall–Kier alpha value is -0.590. The maximum Gasteiger partial charge on any atom is 0.0625 e. The number of rotatable bonds is 1. The summed E-state index contributed by atoms with van der Waals surface area (Å²) in [6.45, 7) is 6.24. The van der Waals surface area contributed by atoms with Crippen molar-refractivity contribution in [2.24, 2.45) is 5.92 Å². The predicted octanol–water partition coefficient (Wildman–Crippen LogP) is 1.61. The number of hydrogen-bond acceptors (Lipinski definition) is 3. The molecule has 2 heterocycles. The first kappa shape index (κ1) is 12.5. The molecule has 0 aromatic carbocycles. The summed E-state index contributed by atoms with van der Waals surface area (Å²) in [4.78, 5) is 2.36. The van der Waals surface area contributed by atoms with Gasteiger partial charge in [-0.15, -0.1) is 0 Å². The van der Waals surface area contributed by atoms with Gasteiger partial charge in [0.1, 0.15) is 0 Å². The lowest BCUT2D eigenvalue weighted by atomic mass is 9.94. The van der Waals surface area contributed by atoms with Crippen molar-refractivity contribution >= 4 is 0 Å². The van der Waals surface area contributed by atoms with Crippen molar-refractivity contribution in [2.45, 2.75) is 45.2 Å². The number of hydrogen-bond donors (Lipinski definition) is 1. The smallest absolute Gasteiger partial charge is 0.0625 e. The van der Waals surface area contributed by atoms with E-state index < -0.39 is 0 Å². The zero-order valence-electron chi connectivity index (χ0n) is 10.2. The summed E-state index contributed by atoms with van der Waals surface area (Å²) in [5.41, 5.74) is 0. The van der Waals surface area contributed by atoms with Crippen molar-refractivity contribution in [3.8, 4) is 6.07 Å². The van der Waals surface area contributed by atoms with E-state index in [0.717, 1.165) is 13.1 Å². The van der Waals surface area contributed by atoms with Crippen molar-refractivity contribution in [1.82, 2.24) is 10.2 Å². The third-order valence-electron chi connectivity index (χ3n) is 3.28. The Morgan fingerprint density at radius 1 is 1.33 bits per heavy atom. The van der Waals surface area contributed by atoms with E-state index in [-0.39, 0.29) is 0 Å². The summed E-state index contributed by atoms with van der Waals surface area (Å²) >= 11 is 0. The van der Waals surface area contributed by atoms with Crippen LogP contribution in [0.4, 0.5) is 0 Å². The Balaban J connectivity index is 0.000000531. The standard InChI is InChI=1S/C10H17N3.C2H6/c1-13-6-8(4-5-11)10-3-2-9(7-13)12-10;1-2/h8-10,12H,2-4,6-7H2,1H3;1-2H3. The summed E-state index contributed by atoms with van der Waals surface area (Å²) < 4.78 is 0. The molecule has 2 saturated heterocycles. The van der Waals surface area contributed by atoms with Crippen LogP contribution in [0.5, 0.6) is 0 Å². The van der Waals surface area contributed by atoms with E-state index >= 15 is 0 Å². The molecule has 0 radical (unpaired) electrons. The molecule has 15 heavy (non-hydrogen) atoms. The molecule has 2 bridgehead atoms. The van der Waals surface area contributed by atoms with Gasteiger partial charge in [0.2, 0.25) is 0 Å².